The summed E-state index contributed by atoms with van der Waals surface area (Å²) in [6.07, 6.45) is -3.46. The topological polar surface area (TPSA) is 12.9 Å². The highest BCUT2D eigenvalue weighted by atomic mass is 32.2. The second-order valence-corrected chi connectivity index (χ2v) is 4.02. The standard InChI is InChI=1S/C8H8F3NS2/c9-8(10,11)6-1-2-7(12-5-6)14-4-3-13/h1-2,5,13H,3-4H2. The lowest BCUT2D eigenvalue weighted by Gasteiger charge is -2.05. The minimum absolute atomic E-state index is 0.590. The molecular weight excluding hydrogens is 231 g/mol. The van der Waals surface area contributed by atoms with Crippen LogP contribution >= 0.6 is 24.4 Å². The summed E-state index contributed by atoms with van der Waals surface area (Å²) in [7, 11) is 0. The Morgan fingerprint density at radius 1 is 1.36 bits per heavy atom. The molecule has 0 atom stereocenters. The van der Waals surface area contributed by atoms with Gasteiger partial charge in [0.15, 0.2) is 0 Å². The van der Waals surface area contributed by atoms with Crippen molar-refractivity contribution in [3.63, 3.8) is 0 Å². The molecule has 1 heterocycles. The molecule has 0 aliphatic rings. The summed E-state index contributed by atoms with van der Waals surface area (Å²) in [4.78, 5) is 3.69. The molecule has 0 bridgehead atoms. The molecular formula is C8H8F3NS2. The Morgan fingerprint density at radius 3 is 2.50 bits per heavy atom. The summed E-state index contributed by atoms with van der Waals surface area (Å²) in [6, 6.07) is 2.41. The maximum absolute atomic E-state index is 12.1. The Morgan fingerprint density at radius 2 is 2.07 bits per heavy atom. The predicted molar refractivity (Wildman–Crippen MR) is 53.8 cm³/mol. The van der Waals surface area contributed by atoms with Crippen molar-refractivity contribution in [2.75, 3.05) is 11.5 Å². The number of hydrogen-bond acceptors (Lipinski definition) is 3. The predicted octanol–water partition coefficient (Wildman–Crippen LogP) is 3.12. The molecule has 0 saturated heterocycles. The van der Waals surface area contributed by atoms with Crippen LogP contribution in [-0.4, -0.2) is 16.5 Å². The van der Waals surface area contributed by atoms with E-state index in [9.17, 15) is 13.2 Å². The van der Waals surface area contributed by atoms with Crippen molar-refractivity contribution in [2.24, 2.45) is 0 Å². The third-order valence-corrected chi connectivity index (χ3v) is 2.88. The molecule has 1 nitrogen and oxygen atoms in total. The summed E-state index contributed by atoms with van der Waals surface area (Å²) in [5, 5.41) is 0.590. The fraction of sp³-hybridized carbons (Fsp3) is 0.375. The quantitative estimate of drug-likeness (QED) is 0.643. The van der Waals surface area contributed by atoms with Crippen molar-refractivity contribution in [1.29, 1.82) is 0 Å². The lowest BCUT2D eigenvalue weighted by atomic mass is 10.3. The van der Waals surface area contributed by atoms with E-state index >= 15 is 0 Å². The second kappa shape index (κ2) is 4.93. The van der Waals surface area contributed by atoms with Gasteiger partial charge < -0.3 is 0 Å². The Balaban J connectivity index is 2.69. The van der Waals surface area contributed by atoms with Crippen LogP contribution in [0.3, 0.4) is 0 Å². The number of nitrogens with zero attached hydrogens (tertiary/aromatic N) is 1. The minimum Gasteiger partial charge on any atom is -0.249 e. The van der Waals surface area contributed by atoms with Gasteiger partial charge in [-0.15, -0.1) is 11.8 Å². The van der Waals surface area contributed by atoms with Crippen LogP contribution in [0.4, 0.5) is 13.2 Å². The van der Waals surface area contributed by atoms with Gasteiger partial charge in [-0.25, -0.2) is 4.98 Å². The van der Waals surface area contributed by atoms with Crippen LogP contribution < -0.4 is 0 Å². The van der Waals surface area contributed by atoms with Crippen molar-refractivity contribution in [2.45, 2.75) is 11.2 Å². The third kappa shape index (κ3) is 3.42. The van der Waals surface area contributed by atoms with Crippen molar-refractivity contribution >= 4 is 24.4 Å². The van der Waals surface area contributed by atoms with Gasteiger partial charge in [0, 0.05) is 11.9 Å². The molecule has 0 unspecified atom stereocenters. The molecule has 0 radical (unpaired) electrons. The van der Waals surface area contributed by atoms with E-state index in [1.165, 1.54) is 17.8 Å². The lowest BCUT2D eigenvalue weighted by molar-refractivity contribution is -0.137. The summed E-state index contributed by atoms with van der Waals surface area (Å²) in [5.41, 5.74) is -0.715. The van der Waals surface area contributed by atoms with Crippen LogP contribution in [0.15, 0.2) is 23.4 Å². The molecule has 14 heavy (non-hydrogen) atoms. The van der Waals surface area contributed by atoms with Crippen LogP contribution in [0.5, 0.6) is 0 Å². The third-order valence-electron chi connectivity index (χ3n) is 1.40. The Kier molecular flexibility index (Phi) is 4.12. The highest BCUT2D eigenvalue weighted by molar-refractivity contribution is 7.99. The average Bonchev–Trinajstić information content (AvgIpc) is 2.14. The number of halogens is 3. The number of thiol groups is 1. The van der Waals surface area contributed by atoms with Gasteiger partial charge in [0.2, 0.25) is 0 Å². The first-order chi connectivity index (χ1) is 6.54. The smallest absolute Gasteiger partial charge is 0.249 e. The van der Waals surface area contributed by atoms with Crippen molar-refractivity contribution in [3.05, 3.63) is 23.9 Å². The Bertz CT molecular complexity index is 284. The van der Waals surface area contributed by atoms with Gasteiger partial charge in [0.1, 0.15) is 0 Å². The van der Waals surface area contributed by atoms with Gasteiger partial charge in [-0.05, 0) is 17.9 Å². The number of thioether (sulfide) groups is 1. The lowest BCUT2D eigenvalue weighted by Crippen LogP contribution is -2.05. The van der Waals surface area contributed by atoms with Crippen molar-refractivity contribution < 1.29 is 13.2 Å². The maximum Gasteiger partial charge on any atom is 0.417 e. The first-order valence-corrected chi connectivity index (χ1v) is 5.43. The van der Waals surface area contributed by atoms with E-state index in [2.05, 4.69) is 17.6 Å². The van der Waals surface area contributed by atoms with Crippen molar-refractivity contribution in [1.82, 2.24) is 4.98 Å². The van der Waals surface area contributed by atoms with Gasteiger partial charge in [-0.1, -0.05) is 0 Å². The normalized spacial score (nSPS) is 11.7. The average molecular weight is 239 g/mol. The van der Waals surface area contributed by atoms with Gasteiger partial charge in [0.05, 0.1) is 10.6 Å². The molecule has 0 spiro atoms. The van der Waals surface area contributed by atoms with E-state index in [-0.39, 0.29) is 0 Å². The largest absolute Gasteiger partial charge is 0.417 e. The molecule has 0 amide bonds. The van der Waals surface area contributed by atoms with Crippen LogP contribution in [-0.2, 0) is 6.18 Å². The molecule has 0 fully saturated rings. The van der Waals surface area contributed by atoms with Gasteiger partial charge in [-0.2, -0.15) is 25.8 Å². The SMILES string of the molecule is FC(F)(F)c1ccc(SCCS)nc1. The zero-order valence-electron chi connectivity index (χ0n) is 7.08. The van der Waals surface area contributed by atoms with Crippen LogP contribution in [0.2, 0.25) is 0 Å². The molecule has 0 aliphatic heterocycles. The zero-order chi connectivity index (χ0) is 10.6. The van der Waals surface area contributed by atoms with E-state index in [4.69, 9.17) is 0 Å². The zero-order valence-corrected chi connectivity index (χ0v) is 8.79. The van der Waals surface area contributed by atoms with Crippen LogP contribution in [0.25, 0.3) is 0 Å². The molecule has 0 aliphatic carbocycles. The number of pyridine rings is 1. The van der Waals surface area contributed by atoms with Crippen molar-refractivity contribution in [3.8, 4) is 0 Å². The Labute approximate surface area is 89.5 Å². The van der Waals surface area contributed by atoms with Gasteiger partial charge in [0.25, 0.3) is 0 Å². The summed E-state index contributed by atoms with van der Waals surface area (Å²) < 4.78 is 36.3. The Hall–Kier alpha value is -0.360. The first kappa shape index (κ1) is 11.7. The summed E-state index contributed by atoms with van der Waals surface area (Å²) in [5.74, 6) is 1.41. The minimum atomic E-state index is -4.31. The summed E-state index contributed by atoms with van der Waals surface area (Å²) in [6.45, 7) is 0. The number of hydrogen-bond donors (Lipinski definition) is 1. The fourth-order valence-corrected chi connectivity index (χ4v) is 1.65. The number of alkyl halides is 3. The van der Waals surface area contributed by atoms with E-state index in [0.717, 1.165) is 18.0 Å². The molecule has 1 aromatic heterocycles. The van der Waals surface area contributed by atoms with E-state index in [1.54, 1.807) is 0 Å². The van der Waals surface area contributed by atoms with E-state index in [0.29, 0.717) is 10.8 Å². The van der Waals surface area contributed by atoms with Crippen LogP contribution in [0, 0.1) is 0 Å². The second-order valence-electron chi connectivity index (χ2n) is 2.45. The fourth-order valence-electron chi connectivity index (χ4n) is 0.784. The maximum atomic E-state index is 12.1. The molecule has 1 rings (SSSR count). The molecule has 78 valence electrons. The highest BCUT2D eigenvalue weighted by Crippen LogP contribution is 2.29. The molecule has 0 N–H and O–H groups in total. The first-order valence-electron chi connectivity index (χ1n) is 3.81. The number of aromatic nitrogens is 1. The molecule has 0 aromatic carbocycles. The van der Waals surface area contributed by atoms with Crippen LogP contribution in [0.1, 0.15) is 5.56 Å². The van der Waals surface area contributed by atoms with E-state index < -0.39 is 11.7 Å². The molecule has 1 aromatic rings. The monoisotopic (exact) mass is 239 g/mol. The summed E-state index contributed by atoms with van der Waals surface area (Å²) >= 11 is 5.37. The molecule has 0 saturated carbocycles. The van der Waals surface area contributed by atoms with Gasteiger partial charge in [-0.3, -0.25) is 0 Å². The highest BCUT2D eigenvalue weighted by Gasteiger charge is 2.30. The number of rotatable bonds is 3. The van der Waals surface area contributed by atoms with E-state index in [1.807, 2.05) is 0 Å². The molecule has 6 heteroatoms. The van der Waals surface area contributed by atoms with Gasteiger partial charge >= 0.3 is 6.18 Å².